The highest BCUT2D eigenvalue weighted by Gasteiger charge is 1.99. The SMILES string of the molecule is CC(C)CNC(=O)/C=C/c1ccc(OCC(N)=O)cc1. The molecule has 108 valence electrons. The number of ether oxygens (including phenoxy) is 1. The number of amides is 2. The molecule has 1 rings (SSSR count). The van der Waals surface area contributed by atoms with Gasteiger partial charge in [0.2, 0.25) is 5.91 Å². The quantitative estimate of drug-likeness (QED) is 0.737. The van der Waals surface area contributed by atoms with Gasteiger partial charge in [-0.3, -0.25) is 9.59 Å². The van der Waals surface area contributed by atoms with Crippen molar-refractivity contribution in [1.82, 2.24) is 5.32 Å². The second-order valence-electron chi connectivity index (χ2n) is 4.80. The fourth-order valence-electron chi connectivity index (χ4n) is 1.37. The van der Waals surface area contributed by atoms with Crippen LogP contribution in [0.25, 0.3) is 6.08 Å². The highest BCUT2D eigenvalue weighted by Crippen LogP contribution is 2.12. The summed E-state index contributed by atoms with van der Waals surface area (Å²) in [7, 11) is 0. The summed E-state index contributed by atoms with van der Waals surface area (Å²) in [6.45, 7) is 4.58. The molecule has 0 aliphatic carbocycles. The number of nitrogens with one attached hydrogen (secondary N) is 1. The molecule has 0 bridgehead atoms. The number of rotatable bonds is 7. The van der Waals surface area contributed by atoms with E-state index in [1.54, 1.807) is 30.3 Å². The smallest absolute Gasteiger partial charge is 0.255 e. The summed E-state index contributed by atoms with van der Waals surface area (Å²) in [4.78, 5) is 22.1. The van der Waals surface area contributed by atoms with Gasteiger partial charge in [-0.25, -0.2) is 0 Å². The molecule has 0 aromatic heterocycles. The average molecular weight is 276 g/mol. The molecule has 0 aliphatic rings. The van der Waals surface area contributed by atoms with E-state index < -0.39 is 5.91 Å². The predicted octanol–water partition coefficient (Wildman–Crippen LogP) is 1.34. The van der Waals surface area contributed by atoms with E-state index in [4.69, 9.17) is 10.5 Å². The highest BCUT2D eigenvalue weighted by molar-refractivity contribution is 5.91. The lowest BCUT2D eigenvalue weighted by atomic mass is 10.2. The van der Waals surface area contributed by atoms with Crippen LogP contribution in [0.1, 0.15) is 19.4 Å². The van der Waals surface area contributed by atoms with Crippen molar-refractivity contribution in [3.8, 4) is 5.75 Å². The van der Waals surface area contributed by atoms with Gasteiger partial charge in [-0.05, 0) is 29.7 Å². The Kier molecular flexibility index (Phi) is 6.29. The summed E-state index contributed by atoms with van der Waals surface area (Å²) in [5.41, 5.74) is 5.85. The van der Waals surface area contributed by atoms with Crippen LogP contribution in [0.3, 0.4) is 0 Å². The van der Waals surface area contributed by atoms with Gasteiger partial charge in [0.05, 0.1) is 0 Å². The van der Waals surface area contributed by atoms with Crippen molar-refractivity contribution in [2.24, 2.45) is 11.7 Å². The molecule has 0 aliphatic heterocycles. The Morgan fingerprint density at radius 3 is 2.50 bits per heavy atom. The molecule has 2 amide bonds. The maximum Gasteiger partial charge on any atom is 0.255 e. The summed E-state index contributed by atoms with van der Waals surface area (Å²) in [5.74, 6) is 0.350. The molecular formula is C15H20N2O3. The third-order valence-corrected chi connectivity index (χ3v) is 2.37. The van der Waals surface area contributed by atoms with E-state index in [1.165, 1.54) is 6.08 Å². The van der Waals surface area contributed by atoms with Crippen LogP contribution in [0.4, 0.5) is 0 Å². The van der Waals surface area contributed by atoms with Gasteiger partial charge >= 0.3 is 0 Å². The van der Waals surface area contributed by atoms with Crippen molar-refractivity contribution >= 4 is 17.9 Å². The molecule has 0 radical (unpaired) electrons. The Balaban J connectivity index is 2.48. The minimum absolute atomic E-state index is 0.118. The molecule has 0 saturated heterocycles. The van der Waals surface area contributed by atoms with Gasteiger partial charge in [-0.15, -0.1) is 0 Å². The summed E-state index contributed by atoms with van der Waals surface area (Å²) in [6, 6.07) is 7.02. The zero-order valence-electron chi connectivity index (χ0n) is 11.8. The third kappa shape index (κ3) is 6.58. The number of primary amides is 1. The van der Waals surface area contributed by atoms with Crippen LogP contribution in [0.15, 0.2) is 30.3 Å². The van der Waals surface area contributed by atoms with Crippen molar-refractivity contribution < 1.29 is 14.3 Å². The van der Waals surface area contributed by atoms with Gasteiger partial charge in [-0.2, -0.15) is 0 Å². The van der Waals surface area contributed by atoms with Gasteiger partial charge in [0, 0.05) is 12.6 Å². The highest BCUT2D eigenvalue weighted by atomic mass is 16.5. The zero-order chi connectivity index (χ0) is 15.0. The largest absolute Gasteiger partial charge is 0.484 e. The van der Waals surface area contributed by atoms with Crippen LogP contribution >= 0.6 is 0 Å². The normalized spacial score (nSPS) is 10.8. The molecule has 5 heteroatoms. The van der Waals surface area contributed by atoms with E-state index in [0.29, 0.717) is 18.2 Å². The lowest BCUT2D eigenvalue weighted by Gasteiger charge is -2.05. The first-order chi connectivity index (χ1) is 9.47. The number of nitrogens with two attached hydrogens (primary N) is 1. The van der Waals surface area contributed by atoms with E-state index in [2.05, 4.69) is 5.32 Å². The standard InChI is InChI=1S/C15H20N2O3/c1-11(2)9-17-15(19)8-5-12-3-6-13(7-4-12)20-10-14(16)18/h3-8,11H,9-10H2,1-2H3,(H2,16,18)(H,17,19)/b8-5+. The lowest BCUT2D eigenvalue weighted by molar-refractivity contribution is -0.120. The Hall–Kier alpha value is -2.30. The molecule has 1 aromatic rings. The fourth-order valence-corrected chi connectivity index (χ4v) is 1.37. The Morgan fingerprint density at radius 2 is 1.95 bits per heavy atom. The summed E-state index contributed by atoms with van der Waals surface area (Å²) < 4.78 is 5.14. The van der Waals surface area contributed by atoms with Crippen LogP contribution in [-0.2, 0) is 9.59 Å². The van der Waals surface area contributed by atoms with Gasteiger partial charge < -0.3 is 15.8 Å². The van der Waals surface area contributed by atoms with Crippen LogP contribution in [0.5, 0.6) is 5.75 Å². The van der Waals surface area contributed by atoms with E-state index in [9.17, 15) is 9.59 Å². The monoisotopic (exact) mass is 276 g/mol. The maximum absolute atomic E-state index is 11.5. The van der Waals surface area contributed by atoms with Gasteiger partial charge in [0.15, 0.2) is 6.61 Å². The van der Waals surface area contributed by atoms with Crippen LogP contribution in [0, 0.1) is 5.92 Å². The van der Waals surface area contributed by atoms with Crippen molar-refractivity contribution in [1.29, 1.82) is 0 Å². The van der Waals surface area contributed by atoms with Crippen molar-refractivity contribution in [2.45, 2.75) is 13.8 Å². The number of carbonyl (C=O) groups excluding carboxylic acids is 2. The molecule has 0 saturated carbocycles. The number of carbonyl (C=O) groups is 2. The Morgan fingerprint density at radius 1 is 1.30 bits per heavy atom. The minimum atomic E-state index is -0.518. The Labute approximate surface area is 118 Å². The average Bonchev–Trinajstić information content (AvgIpc) is 2.41. The molecule has 0 unspecified atom stereocenters. The molecule has 0 heterocycles. The Bertz CT molecular complexity index is 478. The number of hydrogen-bond acceptors (Lipinski definition) is 3. The second-order valence-corrected chi connectivity index (χ2v) is 4.80. The number of hydrogen-bond donors (Lipinski definition) is 2. The minimum Gasteiger partial charge on any atom is -0.484 e. The molecule has 3 N–H and O–H groups in total. The first kappa shape index (κ1) is 15.8. The molecule has 0 fully saturated rings. The van der Waals surface area contributed by atoms with Crippen LogP contribution in [-0.4, -0.2) is 25.0 Å². The molecule has 20 heavy (non-hydrogen) atoms. The molecular weight excluding hydrogens is 256 g/mol. The summed E-state index contributed by atoms with van der Waals surface area (Å²) >= 11 is 0. The molecule has 0 atom stereocenters. The summed E-state index contributed by atoms with van der Waals surface area (Å²) in [6.07, 6.45) is 3.20. The van der Waals surface area contributed by atoms with Crippen molar-refractivity contribution in [3.63, 3.8) is 0 Å². The topological polar surface area (TPSA) is 81.4 Å². The first-order valence-electron chi connectivity index (χ1n) is 6.44. The van der Waals surface area contributed by atoms with Crippen molar-refractivity contribution in [3.05, 3.63) is 35.9 Å². The zero-order valence-corrected chi connectivity index (χ0v) is 11.8. The third-order valence-electron chi connectivity index (χ3n) is 2.37. The van der Waals surface area contributed by atoms with Gasteiger partial charge in [-0.1, -0.05) is 26.0 Å². The molecule has 1 aromatic carbocycles. The van der Waals surface area contributed by atoms with Crippen LogP contribution in [0.2, 0.25) is 0 Å². The maximum atomic E-state index is 11.5. The van der Waals surface area contributed by atoms with Gasteiger partial charge in [0.1, 0.15) is 5.75 Å². The molecule has 5 nitrogen and oxygen atoms in total. The number of benzene rings is 1. The van der Waals surface area contributed by atoms with E-state index >= 15 is 0 Å². The first-order valence-corrected chi connectivity index (χ1v) is 6.44. The molecule has 0 spiro atoms. The lowest BCUT2D eigenvalue weighted by Crippen LogP contribution is -2.25. The van der Waals surface area contributed by atoms with E-state index in [0.717, 1.165) is 5.56 Å². The predicted molar refractivity (Wildman–Crippen MR) is 78.0 cm³/mol. The van der Waals surface area contributed by atoms with E-state index in [-0.39, 0.29) is 12.5 Å². The fraction of sp³-hybridized carbons (Fsp3) is 0.333. The summed E-state index contributed by atoms with van der Waals surface area (Å²) in [5, 5.41) is 2.79. The van der Waals surface area contributed by atoms with E-state index in [1.807, 2.05) is 13.8 Å². The van der Waals surface area contributed by atoms with Gasteiger partial charge in [0.25, 0.3) is 5.91 Å². The van der Waals surface area contributed by atoms with Crippen LogP contribution < -0.4 is 15.8 Å². The van der Waals surface area contributed by atoms with Crippen molar-refractivity contribution in [2.75, 3.05) is 13.2 Å². The second kappa shape index (κ2) is 7.99.